The number of aliphatic hydroxyl groups excluding tert-OH is 3. The molecule has 4 atom stereocenters. The van der Waals surface area contributed by atoms with Crippen LogP contribution in [0, 0.1) is 0 Å². The van der Waals surface area contributed by atoms with E-state index in [1.54, 1.807) is 0 Å². The van der Waals surface area contributed by atoms with Crippen LogP contribution in [0.3, 0.4) is 0 Å². The van der Waals surface area contributed by atoms with E-state index in [0.29, 0.717) is 0 Å². The molecule has 5 nitrogen and oxygen atoms in total. The largest absolute Gasteiger partial charge is 0.394 e. The monoisotopic (exact) mass is 182 g/mol. The van der Waals surface area contributed by atoms with Gasteiger partial charge in [-0.2, -0.15) is 4.94 Å². The summed E-state index contributed by atoms with van der Waals surface area (Å²) in [5.41, 5.74) is 0. The maximum absolute atomic E-state index is 11.6. The van der Waals surface area contributed by atoms with Crippen molar-refractivity contribution in [1.29, 1.82) is 0 Å². The van der Waals surface area contributed by atoms with E-state index < -0.39 is 31.0 Å². The first-order valence-electron chi connectivity index (χ1n) is 3.56. The van der Waals surface area contributed by atoms with Crippen LogP contribution in [0.15, 0.2) is 0 Å². The standard InChI is InChI=1S/C6H11FO5/c7-12-4-2-11-3(1-8)5(9)6(4)10/h3-6,8-10H,1-2H2/t3-,4+,5+,6-/m1/s1. The van der Waals surface area contributed by atoms with Gasteiger partial charge in [0.05, 0.1) is 13.2 Å². The van der Waals surface area contributed by atoms with Gasteiger partial charge in [-0.25, -0.2) is 0 Å². The Balaban J connectivity index is 2.52. The molecule has 3 N–H and O–H groups in total. The number of rotatable bonds is 2. The molecular formula is C6H11FO5. The van der Waals surface area contributed by atoms with E-state index in [1.807, 2.05) is 0 Å². The lowest BCUT2D eigenvalue weighted by atomic mass is 10.0. The van der Waals surface area contributed by atoms with Gasteiger partial charge in [0.15, 0.2) is 0 Å². The molecule has 0 bridgehead atoms. The highest BCUT2D eigenvalue weighted by atomic mass is 19.3. The van der Waals surface area contributed by atoms with Crippen molar-refractivity contribution in [2.45, 2.75) is 24.4 Å². The number of halogens is 1. The molecule has 72 valence electrons. The highest BCUT2D eigenvalue weighted by Crippen LogP contribution is 2.17. The van der Waals surface area contributed by atoms with Crippen molar-refractivity contribution < 1.29 is 29.5 Å². The quantitative estimate of drug-likeness (QED) is 0.477. The third kappa shape index (κ3) is 1.73. The van der Waals surface area contributed by atoms with Crippen LogP contribution in [0.4, 0.5) is 4.53 Å². The first kappa shape index (κ1) is 9.82. The summed E-state index contributed by atoms with van der Waals surface area (Å²) in [4.78, 5) is 3.35. The Morgan fingerprint density at radius 1 is 1.42 bits per heavy atom. The molecule has 6 heteroatoms. The van der Waals surface area contributed by atoms with Gasteiger partial charge in [0, 0.05) is 0 Å². The third-order valence-corrected chi connectivity index (χ3v) is 1.88. The predicted molar refractivity (Wildman–Crippen MR) is 34.8 cm³/mol. The topological polar surface area (TPSA) is 79.2 Å². The van der Waals surface area contributed by atoms with E-state index in [-0.39, 0.29) is 6.61 Å². The van der Waals surface area contributed by atoms with E-state index in [2.05, 4.69) is 4.94 Å². The van der Waals surface area contributed by atoms with E-state index >= 15 is 0 Å². The van der Waals surface area contributed by atoms with Gasteiger partial charge >= 0.3 is 0 Å². The Labute approximate surface area is 68.2 Å². The van der Waals surface area contributed by atoms with Crippen molar-refractivity contribution in [3.05, 3.63) is 0 Å². The first-order chi connectivity index (χ1) is 5.70. The van der Waals surface area contributed by atoms with Crippen molar-refractivity contribution in [3.63, 3.8) is 0 Å². The fourth-order valence-corrected chi connectivity index (χ4v) is 1.09. The maximum atomic E-state index is 11.6. The van der Waals surface area contributed by atoms with Gasteiger partial charge < -0.3 is 20.1 Å². The summed E-state index contributed by atoms with van der Waals surface area (Å²) in [7, 11) is 0. The molecule has 1 heterocycles. The minimum Gasteiger partial charge on any atom is -0.394 e. The second kappa shape index (κ2) is 4.11. The van der Waals surface area contributed by atoms with Crippen molar-refractivity contribution in [2.75, 3.05) is 13.2 Å². The van der Waals surface area contributed by atoms with Gasteiger partial charge in [0.1, 0.15) is 24.4 Å². The van der Waals surface area contributed by atoms with E-state index in [1.165, 1.54) is 0 Å². The summed E-state index contributed by atoms with van der Waals surface area (Å²) in [6.07, 6.45) is -4.72. The summed E-state index contributed by atoms with van der Waals surface area (Å²) < 4.78 is 16.4. The van der Waals surface area contributed by atoms with Crippen LogP contribution < -0.4 is 0 Å². The third-order valence-electron chi connectivity index (χ3n) is 1.88. The second-order valence-corrected chi connectivity index (χ2v) is 2.66. The van der Waals surface area contributed by atoms with E-state index in [4.69, 9.17) is 20.1 Å². The lowest BCUT2D eigenvalue weighted by molar-refractivity contribution is -0.276. The molecule has 1 rings (SSSR count). The molecule has 1 aliphatic heterocycles. The molecule has 0 amide bonds. The van der Waals surface area contributed by atoms with Crippen molar-refractivity contribution in [3.8, 4) is 0 Å². The fraction of sp³-hybridized carbons (Fsp3) is 1.00. The average Bonchev–Trinajstić information content (AvgIpc) is 2.10. The first-order valence-corrected chi connectivity index (χ1v) is 3.56. The molecule has 1 fully saturated rings. The summed E-state index contributed by atoms with van der Waals surface area (Å²) in [6.45, 7) is -0.600. The number of hydrogen-bond donors (Lipinski definition) is 3. The highest BCUT2D eigenvalue weighted by molar-refractivity contribution is 4.86. The zero-order valence-electron chi connectivity index (χ0n) is 6.26. The molecule has 0 spiro atoms. The highest BCUT2D eigenvalue weighted by Gasteiger charge is 2.39. The summed E-state index contributed by atoms with van der Waals surface area (Å²) in [6, 6.07) is 0. The Kier molecular flexibility index (Phi) is 3.36. The maximum Gasteiger partial charge on any atom is 0.150 e. The summed E-state index contributed by atoms with van der Waals surface area (Å²) in [5.74, 6) is 0. The minimum atomic E-state index is -1.36. The fourth-order valence-electron chi connectivity index (χ4n) is 1.09. The van der Waals surface area contributed by atoms with Gasteiger partial charge in [-0.1, -0.05) is 0 Å². The average molecular weight is 182 g/mol. The van der Waals surface area contributed by atoms with Crippen molar-refractivity contribution in [1.82, 2.24) is 0 Å². The lowest BCUT2D eigenvalue weighted by Gasteiger charge is -2.34. The molecule has 0 aromatic heterocycles. The molecule has 0 radical (unpaired) electrons. The Morgan fingerprint density at radius 2 is 2.08 bits per heavy atom. The summed E-state index contributed by atoms with van der Waals surface area (Å²) >= 11 is 0. The number of ether oxygens (including phenoxy) is 1. The smallest absolute Gasteiger partial charge is 0.150 e. The summed E-state index contributed by atoms with van der Waals surface area (Å²) in [5, 5.41) is 26.9. The zero-order valence-corrected chi connectivity index (χ0v) is 6.26. The van der Waals surface area contributed by atoms with Gasteiger partial charge in [0.2, 0.25) is 0 Å². The van der Waals surface area contributed by atoms with Crippen molar-refractivity contribution in [2.24, 2.45) is 0 Å². The molecule has 0 saturated carbocycles. The van der Waals surface area contributed by atoms with Crippen molar-refractivity contribution >= 4 is 0 Å². The Bertz CT molecular complexity index is 128. The van der Waals surface area contributed by atoms with Gasteiger partial charge in [-0.05, 0) is 4.53 Å². The van der Waals surface area contributed by atoms with E-state index in [0.717, 1.165) is 0 Å². The Morgan fingerprint density at radius 3 is 2.58 bits per heavy atom. The normalized spacial score (nSPS) is 43.0. The molecule has 0 unspecified atom stereocenters. The lowest BCUT2D eigenvalue weighted by Crippen LogP contribution is -2.54. The molecule has 1 saturated heterocycles. The molecular weight excluding hydrogens is 171 g/mol. The number of aliphatic hydroxyl groups is 3. The van der Waals surface area contributed by atoms with Crippen LogP contribution in [0.1, 0.15) is 0 Å². The molecule has 1 aliphatic rings. The van der Waals surface area contributed by atoms with Gasteiger partial charge in [-0.3, -0.25) is 0 Å². The number of hydrogen-bond acceptors (Lipinski definition) is 5. The van der Waals surface area contributed by atoms with Gasteiger partial charge in [0.25, 0.3) is 0 Å². The molecule has 12 heavy (non-hydrogen) atoms. The van der Waals surface area contributed by atoms with Crippen LogP contribution in [0.2, 0.25) is 0 Å². The van der Waals surface area contributed by atoms with Gasteiger partial charge in [-0.15, -0.1) is 0 Å². The minimum absolute atomic E-state index is 0.181. The van der Waals surface area contributed by atoms with Crippen LogP contribution in [0.25, 0.3) is 0 Å². The molecule has 0 aliphatic carbocycles. The Hall–Kier alpha value is -0.270. The van der Waals surface area contributed by atoms with Crippen LogP contribution in [-0.2, 0) is 9.68 Å². The van der Waals surface area contributed by atoms with E-state index in [9.17, 15) is 4.53 Å². The van der Waals surface area contributed by atoms with Crippen LogP contribution in [0.5, 0.6) is 0 Å². The van der Waals surface area contributed by atoms with Crippen LogP contribution in [-0.4, -0.2) is 52.9 Å². The second-order valence-electron chi connectivity index (χ2n) is 2.66. The van der Waals surface area contributed by atoms with Crippen LogP contribution >= 0.6 is 0 Å². The molecule has 0 aromatic carbocycles. The predicted octanol–water partition coefficient (Wildman–Crippen LogP) is -1.63. The zero-order chi connectivity index (χ0) is 9.14. The molecule has 0 aromatic rings. The SMILES string of the molecule is OC[C@H]1OC[C@H](OF)[C@@H](O)[C@H]1O.